The normalized spacial score (nSPS) is 24.7. The van der Waals surface area contributed by atoms with E-state index in [1.165, 1.54) is 12.1 Å². The van der Waals surface area contributed by atoms with E-state index < -0.39 is 38.4 Å². The molecule has 0 spiro atoms. The second-order valence-electron chi connectivity index (χ2n) is 8.26. The van der Waals surface area contributed by atoms with Gasteiger partial charge in [0.2, 0.25) is 0 Å². The first-order valence-electron chi connectivity index (χ1n) is 10.0. The SMILES string of the molecule is N#C[C@H]1CC2CC[C@H](C1)C2S(=O)(=O)c1cc(C(=O)Nc2cc(F)c(F)c(F)c2)ccc1Cl. The number of rotatable bonds is 4. The molecule has 1 N–H and O–H groups in total. The van der Waals surface area contributed by atoms with Gasteiger partial charge in [-0.25, -0.2) is 21.6 Å². The highest BCUT2D eigenvalue weighted by atomic mass is 35.5. The van der Waals surface area contributed by atoms with Crippen LogP contribution >= 0.6 is 11.6 Å². The van der Waals surface area contributed by atoms with Crippen molar-refractivity contribution >= 4 is 33.0 Å². The van der Waals surface area contributed by atoms with Crippen LogP contribution in [0.4, 0.5) is 18.9 Å². The first kappa shape index (κ1) is 22.6. The van der Waals surface area contributed by atoms with Crippen molar-refractivity contribution in [2.75, 3.05) is 5.32 Å². The minimum atomic E-state index is -3.90. The molecule has 2 bridgehead atoms. The number of halogens is 4. The van der Waals surface area contributed by atoms with Gasteiger partial charge in [-0.2, -0.15) is 5.26 Å². The van der Waals surface area contributed by atoms with Crippen molar-refractivity contribution in [1.29, 1.82) is 5.26 Å². The molecule has 4 rings (SSSR count). The fourth-order valence-electron chi connectivity index (χ4n) is 4.92. The molecule has 0 aliphatic heterocycles. The number of hydrogen-bond donors (Lipinski definition) is 1. The minimum absolute atomic E-state index is 0.0396. The van der Waals surface area contributed by atoms with Gasteiger partial charge in [-0.1, -0.05) is 11.6 Å². The van der Waals surface area contributed by atoms with E-state index in [9.17, 15) is 31.6 Å². The van der Waals surface area contributed by atoms with Crippen LogP contribution in [0.25, 0.3) is 0 Å². The van der Waals surface area contributed by atoms with Crippen LogP contribution in [0.5, 0.6) is 0 Å². The molecule has 2 aliphatic rings. The molecular formula is C22H18ClF3N2O3S. The second kappa shape index (κ2) is 8.41. The summed E-state index contributed by atoms with van der Waals surface area (Å²) in [6.07, 6.45) is 2.45. The number of amides is 1. The highest BCUT2D eigenvalue weighted by Crippen LogP contribution is 2.50. The van der Waals surface area contributed by atoms with Gasteiger partial charge in [0.05, 0.1) is 21.2 Å². The third kappa shape index (κ3) is 3.97. The van der Waals surface area contributed by atoms with E-state index >= 15 is 0 Å². The zero-order chi connectivity index (χ0) is 23.2. The number of nitriles is 1. The maximum atomic E-state index is 13.5. The van der Waals surface area contributed by atoms with Crippen molar-refractivity contribution < 1.29 is 26.4 Å². The molecule has 5 nitrogen and oxygen atoms in total. The van der Waals surface area contributed by atoms with Gasteiger partial charge in [0, 0.05) is 29.3 Å². The molecular weight excluding hydrogens is 465 g/mol. The molecule has 0 radical (unpaired) electrons. The molecule has 4 atom stereocenters. The van der Waals surface area contributed by atoms with Crippen LogP contribution in [-0.2, 0) is 9.84 Å². The smallest absolute Gasteiger partial charge is 0.255 e. The van der Waals surface area contributed by atoms with Crippen LogP contribution in [0.15, 0.2) is 35.2 Å². The highest BCUT2D eigenvalue weighted by molar-refractivity contribution is 7.92. The average Bonchev–Trinajstić information content (AvgIpc) is 3.03. The second-order valence-corrected chi connectivity index (χ2v) is 10.7. The molecule has 0 heterocycles. The summed E-state index contributed by atoms with van der Waals surface area (Å²) < 4.78 is 66.9. The Labute approximate surface area is 188 Å². The molecule has 2 saturated carbocycles. The van der Waals surface area contributed by atoms with Gasteiger partial charge in [0.25, 0.3) is 5.91 Å². The molecule has 168 valence electrons. The maximum Gasteiger partial charge on any atom is 0.255 e. The monoisotopic (exact) mass is 482 g/mol. The molecule has 2 fully saturated rings. The third-order valence-corrected chi connectivity index (χ3v) is 9.17. The molecule has 10 heteroatoms. The predicted octanol–water partition coefficient (Wildman–Crippen LogP) is 5.11. The Hall–Kier alpha value is -2.57. The van der Waals surface area contributed by atoms with E-state index in [0.717, 1.165) is 6.07 Å². The number of fused-ring (bicyclic) bond motifs is 2. The summed E-state index contributed by atoms with van der Waals surface area (Å²) in [6, 6.07) is 7.18. The molecule has 1 amide bonds. The van der Waals surface area contributed by atoms with Gasteiger partial charge in [-0.15, -0.1) is 0 Å². The van der Waals surface area contributed by atoms with Crippen LogP contribution < -0.4 is 5.32 Å². The van der Waals surface area contributed by atoms with E-state index in [1.54, 1.807) is 0 Å². The Morgan fingerprint density at radius 1 is 1.06 bits per heavy atom. The van der Waals surface area contributed by atoms with Crippen molar-refractivity contribution in [2.45, 2.75) is 35.8 Å². The number of hydrogen-bond acceptors (Lipinski definition) is 4. The quantitative estimate of drug-likeness (QED) is 0.613. The number of carbonyl (C=O) groups is 1. The fraction of sp³-hybridized carbons (Fsp3) is 0.364. The molecule has 2 unspecified atom stereocenters. The number of nitrogens with one attached hydrogen (secondary N) is 1. The lowest BCUT2D eigenvalue weighted by Gasteiger charge is -2.32. The Bertz CT molecular complexity index is 1210. The van der Waals surface area contributed by atoms with E-state index in [2.05, 4.69) is 11.4 Å². The highest BCUT2D eigenvalue weighted by Gasteiger charge is 2.50. The van der Waals surface area contributed by atoms with Crippen LogP contribution in [0, 0.1) is 46.5 Å². The lowest BCUT2D eigenvalue weighted by molar-refractivity contribution is 0.102. The third-order valence-electron chi connectivity index (χ3n) is 6.29. The van der Waals surface area contributed by atoms with E-state index in [4.69, 9.17) is 11.6 Å². The molecule has 32 heavy (non-hydrogen) atoms. The standard InChI is InChI=1S/C22H18ClF3N2O3S/c23-16-4-3-14(22(29)28-15-8-17(24)20(26)18(25)9-15)7-19(16)32(30,31)21-12-1-2-13(21)6-11(5-12)10-27/h3-4,7-9,11-13,21H,1-2,5-6H2,(H,28,29)/t11-,12-,13?,21?/m1/s1. The van der Waals surface area contributed by atoms with Crippen molar-refractivity contribution in [3.8, 4) is 6.07 Å². The fourth-order valence-corrected chi connectivity index (χ4v) is 7.80. The van der Waals surface area contributed by atoms with Gasteiger partial charge in [-0.05, 0) is 55.7 Å². The lowest BCUT2D eigenvalue weighted by Crippen LogP contribution is -2.37. The average molecular weight is 483 g/mol. The summed E-state index contributed by atoms with van der Waals surface area (Å²) >= 11 is 6.19. The van der Waals surface area contributed by atoms with Crippen molar-refractivity contribution in [3.05, 3.63) is 58.4 Å². The van der Waals surface area contributed by atoms with Crippen LogP contribution in [0.3, 0.4) is 0 Å². The van der Waals surface area contributed by atoms with Crippen molar-refractivity contribution in [1.82, 2.24) is 0 Å². The van der Waals surface area contributed by atoms with Gasteiger partial charge in [0.15, 0.2) is 27.3 Å². The lowest BCUT2D eigenvalue weighted by atomic mass is 9.81. The van der Waals surface area contributed by atoms with Crippen molar-refractivity contribution in [3.63, 3.8) is 0 Å². The Morgan fingerprint density at radius 3 is 2.22 bits per heavy atom. The van der Waals surface area contributed by atoms with Crippen LogP contribution in [0.2, 0.25) is 5.02 Å². The number of anilines is 1. The summed E-state index contributed by atoms with van der Waals surface area (Å²) in [5.74, 6) is -5.90. The minimum Gasteiger partial charge on any atom is -0.322 e. The van der Waals surface area contributed by atoms with Gasteiger partial charge >= 0.3 is 0 Å². The molecule has 0 aromatic heterocycles. The Morgan fingerprint density at radius 2 is 1.66 bits per heavy atom. The first-order valence-corrected chi connectivity index (χ1v) is 11.9. The number of carbonyl (C=O) groups excluding carboxylic acids is 1. The summed E-state index contributed by atoms with van der Waals surface area (Å²) in [7, 11) is -3.90. The van der Waals surface area contributed by atoms with Gasteiger partial charge in [0.1, 0.15) is 0 Å². The summed E-state index contributed by atoms with van der Waals surface area (Å²) in [6.45, 7) is 0. The van der Waals surface area contributed by atoms with Crippen LogP contribution in [0.1, 0.15) is 36.0 Å². The van der Waals surface area contributed by atoms with Gasteiger partial charge in [-0.3, -0.25) is 4.79 Å². The summed E-state index contributed by atoms with van der Waals surface area (Å²) in [5.41, 5.74) is -0.408. The largest absolute Gasteiger partial charge is 0.322 e. The molecule has 2 aliphatic carbocycles. The summed E-state index contributed by atoms with van der Waals surface area (Å²) in [5, 5.41) is 10.8. The molecule has 2 aromatic rings. The zero-order valence-corrected chi connectivity index (χ0v) is 18.2. The van der Waals surface area contributed by atoms with Crippen LogP contribution in [-0.4, -0.2) is 19.6 Å². The summed E-state index contributed by atoms with van der Waals surface area (Å²) in [4.78, 5) is 12.4. The van der Waals surface area contributed by atoms with E-state index in [0.29, 0.717) is 37.8 Å². The Kier molecular flexibility index (Phi) is 5.94. The van der Waals surface area contributed by atoms with Gasteiger partial charge < -0.3 is 5.32 Å². The van der Waals surface area contributed by atoms with E-state index in [1.807, 2.05) is 0 Å². The zero-order valence-electron chi connectivity index (χ0n) is 16.6. The number of nitrogens with zero attached hydrogens (tertiary/aromatic N) is 1. The number of sulfone groups is 1. The predicted molar refractivity (Wildman–Crippen MR) is 111 cm³/mol. The Balaban J connectivity index is 1.63. The first-order chi connectivity index (χ1) is 15.1. The maximum absolute atomic E-state index is 13.5. The van der Waals surface area contributed by atoms with Crippen molar-refractivity contribution in [2.24, 2.45) is 17.8 Å². The number of benzene rings is 2. The molecule has 0 saturated heterocycles. The van der Waals surface area contributed by atoms with E-state index in [-0.39, 0.29) is 38.9 Å². The molecule has 2 aromatic carbocycles. The topological polar surface area (TPSA) is 87.0 Å².